The molecule has 0 radical (unpaired) electrons. The molecule has 0 spiro atoms. The van der Waals surface area contributed by atoms with Crippen LogP contribution in [0.3, 0.4) is 0 Å². The van der Waals surface area contributed by atoms with Gasteiger partial charge in [-0.2, -0.15) is 0 Å². The first kappa shape index (κ1) is 16.2. The van der Waals surface area contributed by atoms with Gasteiger partial charge in [0, 0.05) is 26.8 Å². The van der Waals surface area contributed by atoms with Gasteiger partial charge in [0.1, 0.15) is 5.69 Å². The predicted octanol–water partition coefficient (Wildman–Crippen LogP) is 1.47. The molecule has 6 nitrogen and oxygen atoms in total. The van der Waals surface area contributed by atoms with E-state index >= 15 is 0 Å². The van der Waals surface area contributed by atoms with Gasteiger partial charge in [0.2, 0.25) is 11.8 Å². The standard InChI is InChI=1S/C14H24N4O2/c1-5-6-10(9-15)13(19)17-12-11(18(2)3)7-8-16-14(12)20-4/h7-8,10H,5-6,9,15H2,1-4H3,(H,17,19). The quantitative estimate of drug-likeness (QED) is 0.790. The Morgan fingerprint density at radius 1 is 1.55 bits per heavy atom. The summed E-state index contributed by atoms with van der Waals surface area (Å²) in [5, 5.41) is 2.90. The second-order valence-electron chi connectivity index (χ2n) is 4.82. The molecule has 1 rings (SSSR count). The summed E-state index contributed by atoms with van der Waals surface area (Å²) in [6.07, 6.45) is 3.33. The van der Waals surface area contributed by atoms with Crippen LogP contribution in [0.25, 0.3) is 0 Å². The normalized spacial score (nSPS) is 11.8. The molecular weight excluding hydrogens is 256 g/mol. The van der Waals surface area contributed by atoms with Gasteiger partial charge in [0.05, 0.1) is 18.7 Å². The van der Waals surface area contributed by atoms with Gasteiger partial charge in [0.15, 0.2) is 0 Å². The van der Waals surface area contributed by atoms with E-state index in [0.29, 0.717) is 18.1 Å². The SMILES string of the molecule is CCCC(CN)C(=O)Nc1c(N(C)C)ccnc1OC. The average molecular weight is 280 g/mol. The van der Waals surface area contributed by atoms with Crippen molar-refractivity contribution in [3.63, 3.8) is 0 Å². The zero-order valence-electron chi connectivity index (χ0n) is 12.6. The first-order valence-electron chi connectivity index (χ1n) is 6.76. The van der Waals surface area contributed by atoms with E-state index in [4.69, 9.17) is 10.5 Å². The van der Waals surface area contributed by atoms with Crippen molar-refractivity contribution < 1.29 is 9.53 Å². The number of methoxy groups -OCH3 is 1. The summed E-state index contributed by atoms with van der Waals surface area (Å²) in [5.74, 6) is 0.112. The van der Waals surface area contributed by atoms with E-state index in [9.17, 15) is 4.79 Å². The summed E-state index contributed by atoms with van der Waals surface area (Å²) in [6, 6.07) is 1.83. The maximum atomic E-state index is 12.3. The fourth-order valence-corrected chi connectivity index (χ4v) is 2.01. The highest BCUT2D eigenvalue weighted by atomic mass is 16.5. The van der Waals surface area contributed by atoms with Crippen LogP contribution in [0.4, 0.5) is 11.4 Å². The Morgan fingerprint density at radius 2 is 2.25 bits per heavy atom. The average Bonchev–Trinajstić information content (AvgIpc) is 2.44. The van der Waals surface area contributed by atoms with Crippen LogP contribution in [0.2, 0.25) is 0 Å². The molecular formula is C14H24N4O2. The second kappa shape index (κ2) is 7.69. The molecule has 0 aromatic carbocycles. The molecule has 1 aromatic heterocycles. The van der Waals surface area contributed by atoms with Crippen molar-refractivity contribution in [1.29, 1.82) is 0 Å². The van der Waals surface area contributed by atoms with E-state index in [0.717, 1.165) is 18.5 Å². The molecule has 3 N–H and O–H groups in total. The number of carbonyl (C=O) groups excluding carboxylic acids is 1. The highest BCUT2D eigenvalue weighted by molar-refractivity contribution is 5.97. The molecule has 20 heavy (non-hydrogen) atoms. The Labute approximate surface area is 120 Å². The van der Waals surface area contributed by atoms with Crippen molar-refractivity contribution in [2.24, 2.45) is 11.7 Å². The van der Waals surface area contributed by atoms with Crippen LogP contribution < -0.4 is 20.7 Å². The number of aromatic nitrogens is 1. The molecule has 0 aliphatic heterocycles. The molecule has 0 saturated carbocycles. The highest BCUT2D eigenvalue weighted by Gasteiger charge is 2.20. The minimum Gasteiger partial charge on any atom is -0.479 e. The summed E-state index contributed by atoms with van der Waals surface area (Å²) in [6.45, 7) is 2.37. The lowest BCUT2D eigenvalue weighted by Crippen LogP contribution is -2.30. The van der Waals surface area contributed by atoms with Crippen LogP contribution in [-0.2, 0) is 4.79 Å². The summed E-state index contributed by atoms with van der Waals surface area (Å²) >= 11 is 0. The topological polar surface area (TPSA) is 80.5 Å². The van der Waals surface area contributed by atoms with Gasteiger partial charge in [-0.15, -0.1) is 0 Å². The van der Waals surface area contributed by atoms with Crippen molar-refractivity contribution in [3.8, 4) is 5.88 Å². The van der Waals surface area contributed by atoms with Crippen molar-refractivity contribution in [3.05, 3.63) is 12.3 Å². The van der Waals surface area contributed by atoms with Crippen LogP contribution in [0.5, 0.6) is 5.88 Å². The van der Waals surface area contributed by atoms with E-state index in [2.05, 4.69) is 10.3 Å². The lowest BCUT2D eigenvalue weighted by atomic mass is 10.0. The fraction of sp³-hybridized carbons (Fsp3) is 0.571. The number of hydrogen-bond acceptors (Lipinski definition) is 5. The van der Waals surface area contributed by atoms with Crippen LogP contribution >= 0.6 is 0 Å². The summed E-state index contributed by atoms with van der Waals surface area (Å²) < 4.78 is 5.23. The van der Waals surface area contributed by atoms with E-state index in [1.165, 1.54) is 7.11 Å². The monoisotopic (exact) mass is 280 g/mol. The molecule has 6 heteroatoms. The maximum absolute atomic E-state index is 12.3. The fourth-order valence-electron chi connectivity index (χ4n) is 2.01. The maximum Gasteiger partial charge on any atom is 0.239 e. The Hall–Kier alpha value is -1.82. The van der Waals surface area contributed by atoms with Gasteiger partial charge in [-0.05, 0) is 12.5 Å². The molecule has 1 atom stereocenters. The third-order valence-corrected chi connectivity index (χ3v) is 3.11. The van der Waals surface area contributed by atoms with Crippen molar-refractivity contribution >= 4 is 17.3 Å². The highest BCUT2D eigenvalue weighted by Crippen LogP contribution is 2.32. The number of anilines is 2. The molecule has 1 unspecified atom stereocenters. The van der Waals surface area contributed by atoms with Gasteiger partial charge < -0.3 is 20.7 Å². The number of rotatable bonds is 7. The van der Waals surface area contributed by atoms with E-state index < -0.39 is 0 Å². The Bertz CT molecular complexity index is 449. The molecule has 0 saturated heterocycles. The smallest absolute Gasteiger partial charge is 0.239 e. The van der Waals surface area contributed by atoms with E-state index in [1.54, 1.807) is 6.20 Å². The number of nitrogens with zero attached hydrogens (tertiary/aromatic N) is 2. The Morgan fingerprint density at radius 3 is 2.75 bits per heavy atom. The lowest BCUT2D eigenvalue weighted by Gasteiger charge is -2.21. The molecule has 0 fully saturated rings. The van der Waals surface area contributed by atoms with Crippen molar-refractivity contribution in [1.82, 2.24) is 4.98 Å². The molecule has 1 amide bonds. The minimum atomic E-state index is -0.195. The number of amides is 1. The summed E-state index contributed by atoms with van der Waals surface area (Å²) in [5.41, 5.74) is 7.09. The molecule has 112 valence electrons. The van der Waals surface area contributed by atoms with E-state index in [-0.39, 0.29) is 11.8 Å². The molecule has 0 bridgehead atoms. The largest absolute Gasteiger partial charge is 0.479 e. The van der Waals surface area contributed by atoms with Crippen molar-refractivity contribution in [2.45, 2.75) is 19.8 Å². The number of ether oxygens (including phenoxy) is 1. The van der Waals surface area contributed by atoms with Gasteiger partial charge >= 0.3 is 0 Å². The van der Waals surface area contributed by atoms with Crippen LogP contribution in [0, 0.1) is 5.92 Å². The molecule has 1 aromatic rings. The van der Waals surface area contributed by atoms with Gasteiger partial charge in [-0.3, -0.25) is 4.79 Å². The number of nitrogens with two attached hydrogens (primary N) is 1. The summed E-state index contributed by atoms with van der Waals surface area (Å²) in [4.78, 5) is 18.3. The first-order valence-corrected chi connectivity index (χ1v) is 6.76. The van der Waals surface area contributed by atoms with Crippen LogP contribution in [0.1, 0.15) is 19.8 Å². The number of pyridine rings is 1. The lowest BCUT2D eigenvalue weighted by molar-refractivity contribution is -0.119. The third kappa shape index (κ3) is 3.84. The van der Waals surface area contributed by atoms with Gasteiger partial charge in [0.25, 0.3) is 0 Å². The molecule has 0 aliphatic rings. The van der Waals surface area contributed by atoms with Crippen LogP contribution in [-0.4, -0.2) is 38.6 Å². The molecule has 1 heterocycles. The third-order valence-electron chi connectivity index (χ3n) is 3.11. The van der Waals surface area contributed by atoms with Crippen molar-refractivity contribution in [2.75, 3.05) is 38.0 Å². The number of carbonyl (C=O) groups is 1. The Kier molecular flexibility index (Phi) is 6.24. The summed E-state index contributed by atoms with van der Waals surface area (Å²) in [7, 11) is 5.33. The zero-order chi connectivity index (χ0) is 15.1. The van der Waals surface area contributed by atoms with Gasteiger partial charge in [-0.25, -0.2) is 4.98 Å². The number of hydrogen-bond donors (Lipinski definition) is 2. The first-order chi connectivity index (χ1) is 9.54. The number of nitrogens with one attached hydrogen (secondary N) is 1. The predicted molar refractivity (Wildman–Crippen MR) is 81.2 cm³/mol. The second-order valence-corrected chi connectivity index (χ2v) is 4.82. The van der Waals surface area contributed by atoms with E-state index in [1.807, 2.05) is 32.0 Å². The minimum absolute atomic E-state index is 0.0937. The molecule has 0 aliphatic carbocycles. The van der Waals surface area contributed by atoms with Gasteiger partial charge in [-0.1, -0.05) is 13.3 Å². The Balaban J connectivity index is 3.03. The van der Waals surface area contributed by atoms with Crippen LogP contribution in [0.15, 0.2) is 12.3 Å². The zero-order valence-corrected chi connectivity index (χ0v) is 12.6.